The lowest BCUT2D eigenvalue weighted by Gasteiger charge is -2.31. The number of carbonyl (C=O) groups is 2. The monoisotopic (exact) mass is 424 g/mol. The molecule has 0 radical (unpaired) electrons. The SMILES string of the molecule is CC.CCCCC(F)(F)C(O)(O)CC[C@H]1CCC(=O)C1.CCCCCCC(=O)O. The minimum Gasteiger partial charge on any atom is -0.481 e. The van der Waals surface area contributed by atoms with Gasteiger partial charge in [0, 0.05) is 32.1 Å². The van der Waals surface area contributed by atoms with Crippen LogP contribution in [0.1, 0.15) is 111 Å². The van der Waals surface area contributed by atoms with Crippen LogP contribution in [0.3, 0.4) is 0 Å². The Balaban J connectivity index is 0. The normalized spacial score (nSPS) is 16.6. The Hall–Kier alpha value is -1.08. The quantitative estimate of drug-likeness (QED) is 0.275. The maximum absolute atomic E-state index is 13.6. The fourth-order valence-corrected chi connectivity index (χ4v) is 3.03. The van der Waals surface area contributed by atoms with Crippen molar-refractivity contribution in [1.82, 2.24) is 0 Å². The van der Waals surface area contributed by atoms with Crippen LogP contribution in [0.15, 0.2) is 0 Å². The van der Waals surface area contributed by atoms with E-state index in [-0.39, 0.29) is 31.0 Å². The largest absolute Gasteiger partial charge is 0.481 e. The molecule has 0 aromatic heterocycles. The first-order valence-electron chi connectivity index (χ1n) is 11.1. The van der Waals surface area contributed by atoms with E-state index >= 15 is 0 Å². The molecule has 0 amide bonds. The number of halogens is 2. The van der Waals surface area contributed by atoms with Gasteiger partial charge in [-0.25, -0.2) is 8.78 Å². The lowest BCUT2D eigenvalue weighted by Crippen LogP contribution is -2.48. The number of unbranched alkanes of at least 4 members (excludes halogenated alkanes) is 4. The molecule has 1 fully saturated rings. The minimum absolute atomic E-state index is 0.0261. The molecule has 0 saturated heterocycles. The van der Waals surface area contributed by atoms with E-state index in [4.69, 9.17) is 5.11 Å². The zero-order valence-corrected chi connectivity index (χ0v) is 18.7. The molecule has 1 saturated carbocycles. The minimum atomic E-state index is -3.48. The van der Waals surface area contributed by atoms with E-state index in [1.54, 1.807) is 6.92 Å². The third kappa shape index (κ3) is 14.5. The molecule has 0 unspecified atom stereocenters. The summed E-state index contributed by atoms with van der Waals surface area (Å²) in [7, 11) is 0. The van der Waals surface area contributed by atoms with Gasteiger partial charge in [-0.2, -0.15) is 0 Å². The molecule has 0 bridgehead atoms. The van der Waals surface area contributed by atoms with Gasteiger partial charge in [-0.3, -0.25) is 9.59 Å². The first-order chi connectivity index (χ1) is 13.6. The molecule has 1 aliphatic carbocycles. The van der Waals surface area contributed by atoms with Crippen LogP contribution in [0.25, 0.3) is 0 Å². The van der Waals surface area contributed by atoms with Gasteiger partial charge in [0.05, 0.1) is 0 Å². The summed E-state index contributed by atoms with van der Waals surface area (Å²) >= 11 is 0. The third-order valence-corrected chi connectivity index (χ3v) is 4.92. The van der Waals surface area contributed by atoms with E-state index in [0.29, 0.717) is 32.1 Å². The van der Waals surface area contributed by atoms with Crippen LogP contribution in [0.2, 0.25) is 0 Å². The second kappa shape index (κ2) is 16.7. The first-order valence-corrected chi connectivity index (χ1v) is 11.1. The Labute approximate surface area is 174 Å². The first kappa shape index (κ1) is 30.1. The number of aliphatic hydroxyl groups is 2. The molecule has 3 N–H and O–H groups in total. The van der Waals surface area contributed by atoms with E-state index in [9.17, 15) is 28.6 Å². The van der Waals surface area contributed by atoms with Crippen molar-refractivity contribution >= 4 is 11.8 Å². The van der Waals surface area contributed by atoms with Crippen LogP contribution in [-0.4, -0.2) is 38.8 Å². The number of aliphatic carboxylic acids is 1. The van der Waals surface area contributed by atoms with Crippen LogP contribution in [-0.2, 0) is 9.59 Å². The van der Waals surface area contributed by atoms with Crippen molar-refractivity contribution in [2.24, 2.45) is 5.92 Å². The Morgan fingerprint density at radius 1 is 1.03 bits per heavy atom. The van der Waals surface area contributed by atoms with E-state index in [0.717, 1.165) is 19.3 Å². The van der Waals surface area contributed by atoms with E-state index in [2.05, 4.69) is 6.92 Å². The summed E-state index contributed by atoms with van der Waals surface area (Å²) in [5, 5.41) is 27.2. The van der Waals surface area contributed by atoms with E-state index in [1.165, 1.54) is 6.42 Å². The summed E-state index contributed by atoms with van der Waals surface area (Å²) in [6, 6.07) is 0. The molecular formula is C22H42F2O5. The molecule has 0 aromatic carbocycles. The van der Waals surface area contributed by atoms with Gasteiger partial charge in [0.15, 0.2) is 0 Å². The number of carbonyl (C=O) groups excluding carboxylic acids is 1. The predicted octanol–water partition coefficient (Wildman–Crippen LogP) is 5.71. The van der Waals surface area contributed by atoms with Gasteiger partial charge in [-0.15, -0.1) is 0 Å². The van der Waals surface area contributed by atoms with Gasteiger partial charge in [-0.1, -0.05) is 53.4 Å². The lowest BCUT2D eigenvalue weighted by molar-refractivity contribution is -0.301. The standard InChI is InChI=1S/C13H22F2O3.C7H14O2.C2H6/c1-2-3-7-12(14,15)13(17,18)8-6-10-4-5-11(16)9-10;1-2-3-4-5-6-7(8)9;1-2/h10,17-18H,2-9H2,1H3;2-6H2,1H3,(H,8,9);1-2H3/t10-;;/m1../s1. The second-order valence-electron chi connectivity index (χ2n) is 7.52. The van der Waals surface area contributed by atoms with Crippen molar-refractivity contribution in [1.29, 1.82) is 0 Å². The summed E-state index contributed by atoms with van der Waals surface area (Å²) in [4.78, 5) is 21.0. The number of hydrogen-bond acceptors (Lipinski definition) is 4. The summed E-state index contributed by atoms with van der Waals surface area (Å²) in [6.45, 7) is 7.89. The summed E-state index contributed by atoms with van der Waals surface area (Å²) in [6.07, 6.45) is 6.33. The number of alkyl halides is 2. The highest BCUT2D eigenvalue weighted by molar-refractivity contribution is 5.80. The molecule has 0 heterocycles. The summed E-state index contributed by atoms with van der Waals surface area (Å²) in [5.74, 6) is -6.94. The van der Waals surface area contributed by atoms with Crippen molar-refractivity contribution in [2.75, 3.05) is 0 Å². The highest BCUT2D eigenvalue weighted by Gasteiger charge is 2.50. The summed E-state index contributed by atoms with van der Waals surface area (Å²) in [5.41, 5.74) is 0. The molecule has 174 valence electrons. The smallest absolute Gasteiger partial charge is 0.303 e. The van der Waals surface area contributed by atoms with Crippen LogP contribution in [0, 0.1) is 5.92 Å². The predicted molar refractivity (Wildman–Crippen MR) is 111 cm³/mol. The van der Waals surface area contributed by atoms with Gasteiger partial charge >= 0.3 is 5.97 Å². The molecular weight excluding hydrogens is 382 g/mol. The fraction of sp³-hybridized carbons (Fsp3) is 0.909. The third-order valence-electron chi connectivity index (χ3n) is 4.92. The molecule has 5 nitrogen and oxygen atoms in total. The molecule has 0 aromatic rings. The highest BCUT2D eigenvalue weighted by Crippen LogP contribution is 2.37. The zero-order valence-electron chi connectivity index (χ0n) is 18.7. The number of Topliss-reactive ketones (excluding diaryl/α,β-unsaturated/α-hetero) is 1. The number of hydrogen-bond donors (Lipinski definition) is 3. The Kier molecular flexibility index (Phi) is 17.3. The zero-order chi connectivity index (χ0) is 22.9. The Bertz CT molecular complexity index is 439. The molecule has 1 aliphatic rings. The van der Waals surface area contributed by atoms with Crippen molar-refractivity contribution in [3.63, 3.8) is 0 Å². The number of carboxylic acids is 1. The topological polar surface area (TPSA) is 94.8 Å². The Morgan fingerprint density at radius 2 is 1.62 bits per heavy atom. The van der Waals surface area contributed by atoms with Crippen molar-refractivity contribution in [2.45, 2.75) is 123 Å². The van der Waals surface area contributed by atoms with Crippen LogP contribution >= 0.6 is 0 Å². The van der Waals surface area contributed by atoms with Gasteiger partial charge in [-0.05, 0) is 31.6 Å². The highest BCUT2D eigenvalue weighted by atomic mass is 19.3. The van der Waals surface area contributed by atoms with Crippen molar-refractivity contribution in [3.8, 4) is 0 Å². The molecule has 29 heavy (non-hydrogen) atoms. The Morgan fingerprint density at radius 3 is 2.07 bits per heavy atom. The lowest BCUT2D eigenvalue weighted by atomic mass is 9.92. The molecule has 0 aliphatic heterocycles. The van der Waals surface area contributed by atoms with Gasteiger partial charge in [0.1, 0.15) is 5.78 Å². The van der Waals surface area contributed by atoms with Crippen LogP contribution < -0.4 is 0 Å². The number of rotatable bonds is 12. The van der Waals surface area contributed by atoms with Gasteiger partial charge in [0.2, 0.25) is 5.79 Å². The van der Waals surface area contributed by atoms with Gasteiger partial charge in [0.25, 0.3) is 5.92 Å². The molecule has 7 heteroatoms. The molecule has 0 spiro atoms. The van der Waals surface area contributed by atoms with E-state index in [1.807, 2.05) is 13.8 Å². The maximum atomic E-state index is 13.6. The van der Waals surface area contributed by atoms with Crippen LogP contribution in [0.4, 0.5) is 8.78 Å². The number of carboxylic acid groups (broad SMARTS) is 1. The van der Waals surface area contributed by atoms with Crippen molar-refractivity contribution in [3.05, 3.63) is 0 Å². The fourth-order valence-electron chi connectivity index (χ4n) is 3.03. The van der Waals surface area contributed by atoms with Crippen LogP contribution in [0.5, 0.6) is 0 Å². The summed E-state index contributed by atoms with van der Waals surface area (Å²) < 4.78 is 27.1. The maximum Gasteiger partial charge on any atom is 0.303 e. The average Bonchev–Trinajstić information content (AvgIpc) is 3.09. The van der Waals surface area contributed by atoms with E-state index < -0.39 is 24.1 Å². The number of ketones is 1. The van der Waals surface area contributed by atoms with Gasteiger partial charge < -0.3 is 15.3 Å². The second-order valence-corrected chi connectivity index (χ2v) is 7.52. The molecule has 1 rings (SSSR count). The van der Waals surface area contributed by atoms with Crippen molar-refractivity contribution < 1.29 is 33.7 Å². The average molecular weight is 425 g/mol. The molecule has 1 atom stereocenters.